The summed E-state index contributed by atoms with van der Waals surface area (Å²) in [5.41, 5.74) is 0.169. The molecule has 4 atom stereocenters. The molecule has 150 valence electrons. The molecular formula is C21H21N3O5. The molecule has 1 N–H and O–H groups in total. The van der Waals surface area contributed by atoms with Crippen LogP contribution in [0, 0.1) is 18.8 Å². The van der Waals surface area contributed by atoms with Gasteiger partial charge in [0.05, 0.1) is 31.6 Å². The van der Waals surface area contributed by atoms with Crippen LogP contribution in [0.3, 0.4) is 0 Å². The molecule has 2 saturated heterocycles. The van der Waals surface area contributed by atoms with Crippen LogP contribution in [0.5, 0.6) is 5.75 Å². The molecule has 2 bridgehead atoms. The number of methoxy groups -OCH3 is 1. The van der Waals surface area contributed by atoms with Crippen molar-refractivity contribution in [1.82, 2.24) is 10.5 Å². The van der Waals surface area contributed by atoms with E-state index in [1.165, 1.54) is 0 Å². The number of fused-ring (bicyclic) bond motifs is 1. The van der Waals surface area contributed by atoms with Gasteiger partial charge in [0.2, 0.25) is 11.8 Å². The van der Waals surface area contributed by atoms with E-state index >= 15 is 0 Å². The number of rotatable bonds is 5. The zero-order valence-electron chi connectivity index (χ0n) is 16.1. The molecule has 1 spiro atoms. The van der Waals surface area contributed by atoms with E-state index in [-0.39, 0.29) is 17.9 Å². The van der Waals surface area contributed by atoms with Crippen molar-refractivity contribution in [2.75, 3.05) is 18.6 Å². The van der Waals surface area contributed by atoms with Crippen molar-refractivity contribution in [2.24, 2.45) is 11.8 Å². The van der Waals surface area contributed by atoms with E-state index < -0.39 is 17.4 Å². The fraction of sp³-hybridized carbons (Fsp3) is 0.381. The third-order valence-corrected chi connectivity index (χ3v) is 5.92. The minimum atomic E-state index is -0.781. The van der Waals surface area contributed by atoms with Gasteiger partial charge in [-0.1, -0.05) is 29.4 Å². The largest absolute Gasteiger partial charge is 0.497 e. The van der Waals surface area contributed by atoms with Crippen LogP contribution >= 0.6 is 0 Å². The Morgan fingerprint density at radius 2 is 2.17 bits per heavy atom. The molecule has 0 aliphatic carbocycles. The lowest BCUT2D eigenvalue weighted by Gasteiger charge is -2.23. The Labute approximate surface area is 167 Å². The number of nitrogens with zero attached hydrogens (tertiary/aromatic N) is 2. The minimum Gasteiger partial charge on any atom is -0.497 e. The molecule has 1 aromatic heterocycles. The maximum Gasteiger partial charge on any atom is 0.235 e. The number of aromatic nitrogens is 1. The summed E-state index contributed by atoms with van der Waals surface area (Å²) in [4.78, 5) is 27.7. The second-order valence-electron chi connectivity index (χ2n) is 7.69. The van der Waals surface area contributed by atoms with E-state index in [9.17, 15) is 9.59 Å². The minimum absolute atomic E-state index is 0.158. The van der Waals surface area contributed by atoms with Gasteiger partial charge in [-0.3, -0.25) is 14.5 Å². The molecule has 0 unspecified atom stereocenters. The molecule has 2 fully saturated rings. The van der Waals surface area contributed by atoms with Gasteiger partial charge in [-0.2, -0.15) is 0 Å². The summed E-state index contributed by atoms with van der Waals surface area (Å²) in [6.07, 6.45) is 3.42. The predicted octanol–water partition coefficient (Wildman–Crippen LogP) is 1.59. The molecule has 29 heavy (non-hydrogen) atoms. The van der Waals surface area contributed by atoms with E-state index in [0.717, 1.165) is 11.3 Å². The second-order valence-corrected chi connectivity index (χ2v) is 7.69. The zero-order chi connectivity index (χ0) is 20.2. The number of carbonyl (C=O) groups excluding carboxylic acids is 2. The van der Waals surface area contributed by atoms with E-state index in [4.69, 9.17) is 14.0 Å². The smallest absolute Gasteiger partial charge is 0.235 e. The molecule has 2 amide bonds. The van der Waals surface area contributed by atoms with Gasteiger partial charge in [-0.15, -0.1) is 0 Å². The number of ether oxygens (including phenoxy) is 2. The summed E-state index contributed by atoms with van der Waals surface area (Å²) in [5.74, 6) is 0.358. The Morgan fingerprint density at radius 3 is 2.86 bits per heavy atom. The third kappa shape index (κ3) is 2.74. The fourth-order valence-corrected chi connectivity index (χ4v) is 4.52. The molecule has 8 nitrogen and oxygen atoms in total. The lowest BCUT2D eigenvalue weighted by atomic mass is 9.77. The first-order valence-corrected chi connectivity index (χ1v) is 9.53. The highest BCUT2D eigenvalue weighted by atomic mass is 16.5. The maximum absolute atomic E-state index is 13.2. The van der Waals surface area contributed by atoms with Gasteiger partial charge in [-0.05, 0) is 24.6 Å². The number of hydrogen-bond acceptors (Lipinski definition) is 6. The summed E-state index contributed by atoms with van der Waals surface area (Å²) < 4.78 is 16.4. The summed E-state index contributed by atoms with van der Waals surface area (Å²) in [5, 5.41) is 6.91. The molecule has 5 rings (SSSR count). The monoisotopic (exact) mass is 395 g/mol. The van der Waals surface area contributed by atoms with Crippen molar-refractivity contribution in [1.29, 1.82) is 0 Å². The van der Waals surface area contributed by atoms with Crippen LogP contribution in [0.1, 0.15) is 11.3 Å². The number of hydrogen-bond donors (Lipinski definition) is 1. The number of aryl methyl sites for hydroxylation is 1. The fourth-order valence-electron chi connectivity index (χ4n) is 4.52. The summed E-state index contributed by atoms with van der Waals surface area (Å²) in [6.45, 7) is 2.47. The highest BCUT2D eigenvalue weighted by Gasteiger charge is 2.67. The van der Waals surface area contributed by atoms with Gasteiger partial charge in [0.15, 0.2) is 5.82 Å². The molecule has 0 saturated carbocycles. The quantitative estimate of drug-likeness (QED) is 0.773. The molecule has 8 heteroatoms. The lowest BCUT2D eigenvalue weighted by molar-refractivity contribution is -0.132. The van der Waals surface area contributed by atoms with Gasteiger partial charge in [-0.25, -0.2) is 0 Å². The van der Waals surface area contributed by atoms with Gasteiger partial charge in [0.25, 0.3) is 0 Å². The van der Waals surface area contributed by atoms with Gasteiger partial charge in [0, 0.05) is 12.6 Å². The van der Waals surface area contributed by atoms with E-state index in [1.54, 1.807) is 25.0 Å². The number of amides is 2. The van der Waals surface area contributed by atoms with Crippen LogP contribution < -0.4 is 15.0 Å². The number of nitrogens with one attached hydrogen (secondary N) is 1. The van der Waals surface area contributed by atoms with Gasteiger partial charge < -0.3 is 19.3 Å². The summed E-state index contributed by atoms with van der Waals surface area (Å²) in [7, 11) is 1.61. The van der Waals surface area contributed by atoms with Crippen LogP contribution in [-0.2, 0) is 20.9 Å². The van der Waals surface area contributed by atoms with Crippen LogP contribution in [0.25, 0.3) is 0 Å². The number of carbonyl (C=O) groups is 2. The standard InChI is InChI=1S/C21H21N3O5/c1-12-9-16(23-29-12)24-11-21-8-7-15(28-21)17(18(21)20(24)26)19(25)22-10-13-3-5-14(27-2)6-4-13/h3-9,15,17-18H,10-11H2,1-2H3,(H,22,25)/t15-,17+,18+,21-/m1/s1. The molecule has 1 aromatic carbocycles. The van der Waals surface area contributed by atoms with E-state index in [0.29, 0.717) is 24.7 Å². The first kappa shape index (κ1) is 17.9. The Hall–Kier alpha value is -3.13. The Kier molecular flexibility index (Phi) is 3.99. The van der Waals surface area contributed by atoms with Gasteiger partial charge in [0.1, 0.15) is 17.1 Å². The molecule has 2 aromatic rings. The molecule has 0 radical (unpaired) electrons. The van der Waals surface area contributed by atoms with E-state index in [1.807, 2.05) is 36.4 Å². The first-order valence-electron chi connectivity index (χ1n) is 9.53. The van der Waals surface area contributed by atoms with Crippen LogP contribution in [0.2, 0.25) is 0 Å². The van der Waals surface area contributed by atoms with E-state index in [2.05, 4.69) is 10.5 Å². The summed E-state index contributed by atoms with van der Waals surface area (Å²) in [6, 6.07) is 9.20. The topological polar surface area (TPSA) is 93.9 Å². The average Bonchev–Trinajstić information content (AvgIpc) is 3.47. The van der Waals surface area contributed by atoms with Crippen LogP contribution in [0.4, 0.5) is 5.82 Å². The lowest BCUT2D eigenvalue weighted by Crippen LogP contribution is -2.44. The average molecular weight is 395 g/mol. The van der Waals surface area contributed by atoms with Crippen LogP contribution in [-0.4, -0.2) is 42.3 Å². The SMILES string of the molecule is COc1ccc(CNC(=O)[C@@H]2[C@H]3C(=O)N(c4cc(C)on4)C[C@]34C=C[C@H]2O4)cc1. The van der Waals surface area contributed by atoms with Crippen LogP contribution in [0.15, 0.2) is 47.0 Å². The number of benzene rings is 1. The maximum atomic E-state index is 13.2. The van der Waals surface area contributed by atoms with Crippen molar-refractivity contribution in [3.63, 3.8) is 0 Å². The van der Waals surface area contributed by atoms with Crippen molar-refractivity contribution in [3.8, 4) is 5.75 Å². The predicted molar refractivity (Wildman–Crippen MR) is 102 cm³/mol. The zero-order valence-corrected chi connectivity index (χ0v) is 16.1. The normalized spacial score (nSPS) is 29.4. The first-order chi connectivity index (χ1) is 14.0. The Bertz CT molecular complexity index is 998. The highest BCUT2D eigenvalue weighted by molar-refractivity contribution is 6.02. The summed E-state index contributed by atoms with van der Waals surface area (Å²) >= 11 is 0. The second kappa shape index (κ2) is 6.45. The van der Waals surface area contributed by atoms with Crippen molar-refractivity contribution in [2.45, 2.75) is 25.2 Å². The van der Waals surface area contributed by atoms with Crippen molar-refractivity contribution >= 4 is 17.6 Å². The third-order valence-electron chi connectivity index (χ3n) is 5.92. The Balaban J connectivity index is 1.33. The van der Waals surface area contributed by atoms with Crippen molar-refractivity contribution in [3.05, 3.63) is 53.8 Å². The molecule has 4 heterocycles. The molecule has 3 aliphatic heterocycles. The van der Waals surface area contributed by atoms with Gasteiger partial charge >= 0.3 is 0 Å². The molecule has 3 aliphatic rings. The van der Waals surface area contributed by atoms with Crippen molar-refractivity contribution < 1.29 is 23.6 Å². The molecular weight excluding hydrogens is 374 g/mol. The number of anilines is 1. The highest BCUT2D eigenvalue weighted by Crippen LogP contribution is 2.52. The Morgan fingerprint density at radius 1 is 1.38 bits per heavy atom.